The van der Waals surface area contributed by atoms with Crippen molar-refractivity contribution in [3.63, 3.8) is 0 Å². The van der Waals surface area contributed by atoms with Crippen molar-refractivity contribution >= 4 is 32.3 Å². The predicted molar refractivity (Wildman–Crippen MR) is 126 cm³/mol. The van der Waals surface area contributed by atoms with Gasteiger partial charge in [0, 0.05) is 37.8 Å². The molecule has 2 saturated carbocycles. The SMILES string of the molecule is CS(=O)(=O)CCN1CCn2c(=O)c(C(=O)NCC3CCC4(CC3)CC4)cc3cccc1c32. The van der Waals surface area contributed by atoms with Crippen molar-refractivity contribution in [2.75, 3.05) is 36.5 Å². The van der Waals surface area contributed by atoms with Crippen LogP contribution in [-0.2, 0) is 16.4 Å². The Hall–Kier alpha value is -2.35. The quantitative estimate of drug-likeness (QED) is 0.720. The van der Waals surface area contributed by atoms with Crippen LogP contribution in [0, 0.1) is 11.3 Å². The average Bonchev–Trinajstić information content (AvgIpc) is 3.52. The van der Waals surface area contributed by atoms with Crippen LogP contribution in [0.4, 0.5) is 5.69 Å². The number of nitrogens with one attached hydrogen (secondary N) is 1. The zero-order chi connectivity index (χ0) is 22.5. The number of carbonyl (C=O) groups excluding carboxylic acids is 1. The minimum absolute atomic E-state index is 0.0659. The van der Waals surface area contributed by atoms with Crippen molar-refractivity contribution < 1.29 is 13.2 Å². The molecule has 172 valence electrons. The summed E-state index contributed by atoms with van der Waals surface area (Å²) >= 11 is 0. The zero-order valence-corrected chi connectivity index (χ0v) is 19.4. The van der Waals surface area contributed by atoms with Crippen LogP contribution in [0.25, 0.3) is 10.9 Å². The van der Waals surface area contributed by atoms with E-state index < -0.39 is 9.84 Å². The molecule has 0 atom stereocenters. The van der Waals surface area contributed by atoms with Gasteiger partial charge in [0.25, 0.3) is 11.5 Å². The fourth-order valence-electron chi connectivity index (χ4n) is 5.41. The van der Waals surface area contributed by atoms with E-state index in [1.54, 1.807) is 10.6 Å². The Labute approximate surface area is 188 Å². The van der Waals surface area contributed by atoms with Crippen LogP contribution in [0.3, 0.4) is 0 Å². The van der Waals surface area contributed by atoms with E-state index in [4.69, 9.17) is 0 Å². The van der Waals surface area contributed by atoms with Crippen molar-refractivity contribution in [1.82, 2.24) is 9.88 Å². The molecule has 0 saturated heterocycles. The molecule has 1 N–H and O–H groups in total. The molecule has 2 aromatic rings. The number of nitrogens with zero attached hydrogens (tertiary/aromatic N) is 2. The van der Waals surface area contributed by atoms with Gasteiger partial charge in [-0.3, -0.25) is 9.59 Å². The van der Waals surface area contributed by atoms with Crippen LogP contribution in [0.2, 0.25) is 0 Å². The normalized spacial score (nSPS) is 20.0. The Morgan fingerprint density at radius 3 is 2.59 bits per heavy atom. The molecule has 32 heavy (non-hydrogen) atoms. The van der Waals surface area contributed by atoms with Crippen LogP contribution in [-0.4, -0.2) is 50.5 Å². The lowest BCUT2D eigenvalue weighted by atomic mass is 9.80. The molecule has 0 radical (unpaired) electrons. The maximum atomic E-state index is 13.2. The van der Waals surface area contributed by atoms with Gasteiger partial charge in [-0.1, -0.05) is 12.1 Å². The summed E-state index contributed by atoms with van der Waals surface area (Å²) in [6.45, 7) is 1.99. The van der Waals surface area contributed by atoms with E-state index in [9.17, 15) is 18.0 Å². The van der Waals surface area contributed by atoms with Crippen LogP contribution in [0.1, 0.15) is 48.9 Å². The number of anilines is 1. The van der Waals surface area contributed by atoms with E-state index in [1.807, 2.05) is 23.1 Å². The van der Waals surface area contributed by atoms with E-state index in [0.717, 1.165) is 29.4 Å². The van der Waals surface area contributed by atoms with E-state index in [1.165, 1.54) is 31.9 Å². The molecule has 2 aliphatic carbocycles. The molecule has 3 aliphatic rings. The van der Waals surface area contributed by atoms with Crippen molar-refractivity contribution in [3.8, 4) is 0 Å². The van der Waals surface area contributed by atoms with Gasteiger partial charge in [0.1, 0.15) is 15.4 Å². The van der Waals surface area contributed by atoms with Gasteiger partial charge >= 0.3 is 0 Å². The number of pyridine rings is 1. The van der Waals surface area contributed by atoms with E-state index in [-0.39, 0.29) is 22.8 Å². The molecular formula is C24H31N3O4S. The highest BCUT2D eigenvalue weighted by Crippen LogP contribution is 2.57. The summed E-state index contributed by atoms with van der Waals surface area (Å²) in [7, 11) is -3.08. The van der Waals surface area contributed by atoms with Gasteiger partial charge in [0.2, 0.25) is 0 Å². The summed E-state index contributed by atoms with van der Waals surface area (Å²) in [5.74, 6) is 0.273. The summed E-state index contributed by atoms with van der Waals surface area (Å²) in [6, 6.07) is 7.40. The number of hydrogen-bond acceptors (Lipinski definition) is 5. The molecule has 0 unspecified atom stereocenters. The van der Waals surface area contributed by atoms with Crippen LogP contribution < -0.4 is 15.8 Å². The third kappa shape index (κ3) is 4.17. The van der Waals surface area contributed by atoms with Gasteiger partial charge in [-0.05, 0) is 62.0 Å². The average molecular weight is 458 g/mol. The van der Waals surface area contributed by atoms with Gasteiger partial charge in [-0.25, -0.2) is 8.42 Å². The summed E-state index contributed by atoms with van der Waals surface area (Å²) in [6.07, 6.45) is 8.85. The monoisotopic (exact) mass is 457 g/mol. The van der Waals surface area contributed by atoms with Crippen LogP contribution in [0.5, 0.6) is 0 Å². The second-order valence-corrected chi connectivity index (χ2v) is 12.3. The fraction of sp³-hybridized carbons (Fsp3) is 0.583. The highest BCUT2D eigenvalue weighted by atomic mass is 32.2. The van der Waals surface area contributed by atoms with E-state index in [2.05, 4.69) is 5.32 Å². The number of para-hydroxylation sites is 1. The second kappa shape index (κ2) is 7.90. The first-order chi connectivity index (χ1) is 15.2. The number of carbonyl (C=O) groups is 1. The Morgan fingerprint density at radius 1 is 1.16 bits per heavy atom. The molecule has 1 amide bonds. The van der Waals surface area contributed by atoms with Crippen LogP contribution in [0.15, 0.2) is 29.1 Å². The number of benzene rings is 1. The lowest BCUT2D eigenvalue weighted by Crippen LogP contribution is -2.41. The minimum Gasteiger partial charge on any atom is -0.367 e. The van der Waals surface area contributed by atoms with Crippen LogP contribution >= 0.6 is 0 Å². The van der Waals surface area contributed by atoms with Gasteiger partial charge in [0.15, 0.2) is 0 Å². The summed E-state index contributed by atoms with van der Waals surface area (Å²) in [4.78, 5) is 28.1. The molecule has 7 nitrogen and oxygen atoms in total. The Bertz CT molecular complexity index is 1220. The maximum Gasteiger partial charge on any atom is 0.264 e. The molecule has 1 aromatic carbocycles. The topological polar surface area (TPSA) is 88.5 Å². The first-order valence-corrected chi connectivity index (χ1v) is 13.7. The molecule has 2 heterocycles. The third-order valence-electron chi connectivity index (χ3n) is 7.68. The summed E-state index contributed by atoms with van der Waals surface area (Å²) < 4.78 is 24.9. The third-order valence-corrected chi connectivity index (χ3v) is 8.60. The van der Waals surface area contributed by atoms with Gasteiger partial charge < -0.3 is 14.8 Å². The zero-order valence-electron chi connectivity index (χ0n) is 18.6. The molecule has 1 aliphatic heterocycles. The van der Waals surface area contributed by atoms with Gasteiger partial charge in [0.05, 0.1) is 17.0 Å². The molecule has 2 fully saturated rings. The largest absolute Gasteiger partial charge is 0.367 e. The van der Waals surface area contributed by atoms with Crippen molar-refractivity contribution in [3.05, 3.63) is 40.2 Å². The van der Waals surface area contributed by atoms with Gasteiger partial charge in [-0.15, -0.1) is 0 Å². The predicted octanol–water partition coefficient (Wildman–Crippen LogP) is 2.57. The lowest BCUT2D eigenvalue weighted by molar-refractivity contribution is 0.0938. The Balaban J connectivity index is 1.36. The van der Waals surface area contributed by atoms with E-state index in [0.29, 0.717) is 37.5 Å². The molecule has 5 rings (SSSR count). The standard InChI is InChI=1S/C24H31N3O4S/c1-32(30,31)14-13-26-11-12-27-21-18(3-2-4-20(21)26)15-19(23(27)29)22(28)25-16-17-5-7-24(8-6-17)9-10-24/h2-4,15,17H,5-14,16H2,1H3,(H,25,28). The fourth-order valence-corrected chi connectivity index (χ4v) is 5.96. The van der Waals surface area contributed by atoms with Crippen molar-refractivity contribution in [2.24, 2.45) is 11.3 Å². The number of hydrogen-bond donors (Lipinski definition) is 1. The Kier molecular flexibility index (Phi) is 5.31. The summed E-state index contributed by atoms with van der Waals surface area (Å²) in [5.41, 5.74) is 2.17. The lowest BCUT2D eigenvalue weighted by Gasteiger charge is -2.32. The van der Waals surface area contributed by atoms with Crippen molar-refractivity contribution in [2.45, 2.75) is 45.1 Å². The molecule has 1 spiro atoms. The first kappa shape index (κ1) is 21.5. The summed E-state index contributed by atoms with van der Waals surface area (Å²) in [5, 5.41) is 3.85. The number of amides is 1. The molecular weight excluding hydrogens is 426 g/mol. The number of sulfone groups is 1. The second-order valence-electron chi connectivity index (χ2n) is 10.0. The van der Waals surface area contributed by atoms with Crippen molar-refractivity contribution in [1.29, 1.82) is 0 Å². The minimum atomic E-state index is -3.08. The molecule has 0 bridgehead atoms. The molecule has 1 aromatic heterocycles. The van der Waals surface area contributed by atoms with E-state index >= 15 is 0 Å². The molecule has 8 heteroatoms. The highest BCUT2D eigenvalue weighted by molar-refractivity contribution is 7.90. The Morgan fingerprint density at radius 2 is 1.91 bits per heavy atom. The first-order valence-electron chi connectivity index (χ1n) is 11.6. The maximum absolute atomic E-state index is 13.2. The number of aromatic nitrogens is 1. The number of rotatable bonds is 6. The smallest absolute Gasteiger partial charge is 0.264 e. The van der Waals surface area contributed by atoms with Gasteiger partial charge in [-0.2, -0.15) is 0 Å². The highest BCUT2D eigenvalue weighted by Gasteiger charge is 2.44.